The van der Waals surface area contributed by atoms with Gasteiger partial charge in [0, 0.05) is 20.3 Å². The molecule has 3 aromatic rings. The van der Waals surface area contributed by atoms with E-state index >= 15 is 0 Å². The highest BCUT2D eigenvalue weighted by atomic mass is 32.2. The number of ketones is 1. The van der Waals surface area contributed by atoms with Crippen LogP contribution in [0, 0.1) is 0 Å². The summed E-state index contributed by atoms with van der Waals surface area (Å²) in [4.78, 5) is 29.7. The maximum absolute atomic E-state index is 12.2. The molecule has 1 atom stereocenters. The van der Waals surface area contributed by atoms with Gasteiger partial charge in [-0.1, -0.05) is 17.8 Å². The summed E-state index contributed by atoms with van der Waals surface area (Å²) in [5.41, 5.74) is 1.19. The van der Waals surface area contributed by atoms with E-state index in [4.69, 9.17) is 0 Å². The highest BCUT2D eigenvalue weighted by Gasteiger charge is 2.27. The second-order valence-corrected chi connectivity index (χ2v) is 6.65. The third-order valence-electron chi connectivity index (χ3n) is 3.41. The van der Waals surface area contributed by atoms with Gasteiger partial charge in [0.2, 0.25) is 11.7 Å². The molecule has 9 heteroatoms. The van der Waals surface area contributed by atoms with Gasteiger partial charge in [0.05, 0.1) is 0 Å². The number of amides is 1. The molecule has 0 radical (unpaired) electrons. The molecule has 0 aliphatic carbocycles. The van der Waals surface area contributed by atoms with Crippen molar-refractivity contribution < 1.29 is 9.59 Å². The average Bonchev–Trinajstić information content (AvgIpc) is 3.02. The van der Waals surface area contributed by atoms with E-state index in [9.17, 15) is 9.59 Å². The van der Waals surface area contributed by atoms with Crippen molar-refractivity contribution in [3.05, 3.63) is 36.5 Å². The van der Waals surface area contributed by atoms with Crippen molar-refractivity contribution in [3.8, 4) is 11.5 Å². The van der Waals surface area contributed by atoms with Crippen molar-refractivity contribution in [3.63, 3.8) is 0 Å². The van der Waals surface area contributed by atoms with Crippen LogP contribution in [0.2, 0.25) is 0 Å². The molecule has 128 valence electrons. The van der Waals surface area contributed by atoms with Gasteiger partial charge in [-0.2, -0.15) is 9.61 Å². The molecule has 3 rings (SSSR count). The monoisotopic (exact) mass is 356 g/mol. The number of hydrogen-bond acceptors (Lipinski definition) is 7. The Labute approximate surface area is 148 Å². The van der Waals surface area contributed by atoms with Crippen LogP contribution in [0.25, 0.3) is 17.2 Å². The predicted molar refractivity (Wildman–Crippen MR) is 93.0 cm³/mol. The summed E-state index contributed by atoms with van der Waals surface area (Å²) in [7, 11) is 3.24. The summed E-state index contributed by atoms with van der Waals surface area (Å²) >= 11 is 1.11. The zero-order valence-corrected chi connectivity index (χ0v) is 14.8. The molecule has 1 unspecified atom stereocenters. The normalized spacial score (nSPS) is 12.1. The van der Waals surface area contributed by atoms with Crippen LogP contribution in [0.5, 0.6) is 0 Å². The van der Waals surface area contributed by atoms with E-state index in [0.717, 1.165) is 11.8 Å². The lowest BCUT2D eigenvalue weighted by Crippen LogP contribution is -2.36. The maximum atomic E-state index is 12.2. The standard InChI is InChI=1S/C16H16N6O2S/c1-10(23)14(16(24)21(2)3)25-13-8-7-12-18-19-15(22(12)20-13)11-6-4-5-9-17-11/h4-9,14H,1-3H3. The number of fused-ring (bicyclic) bond motifs is 1. The van der Waals surface area contributed by atoms with Crippen LogP contribution in [-0.4, -0.2) is 60.7 Å². The highest BCUT2D eigenvalue weighted by Crippen LogP contribution is 2.24. The maximum Gasteiger partial charge on any atom is 0.243 e. The van der Waals surface area contributed by atoms with Crippen molar-refractivity contribution in [1.29, 1.82) is 0 Å². The van der Waals surface area contributed by atoms with E-state index in [1.54, 1.807) is 36.9 Å². The van der Waals surface area contributed by atoms with E-state index in [1.165, 1.54) is 11.8 Å². The van der Waals surface area contributed by atoms with Crippen molar-refractivity contribution in [2.45, 2.75) is 17.2 Å². The third-order valence-corrected chi connectivity index (χ3v) is 4.63. The molecule has 8 nitrogen and oxygen atoms in total. The van der Waals surface area contributed by atoms with Gasteiger partial charge >= 0.3 is 0 Å². The fraction of sp³-hybridized carbons (Fsp3) is 0.250. The topological polar surface area (TPSA) is 93.4 Å². The van der Waals surface area contributed by atoms with Crippen LogP contribution >= 0.6 is 11.8 Å². The molecule has 0 aromatic carbocycles. The molecular weight excluding hydrogens is 340 g/mol. The summed E-state index contributed by atoms with van der Waals surface area (Å²) in [6.45, 7) is 1.40. The fourth-order valence-electron chi connectivity index (χ4n) is 2.15. The molecule has 0 saturated carbocycles. The minimum absolute atomic E-state index is 0.223. The molecule has 0 saturated heterocycles. The Bertz CT molecular complexity index is 925. The van der Waals surface area contributed by atoms with Crippen LogP contribution in [0.1, 0.15) is 6.92 Å². The average molecular weight is 356 g/mol. The highest BCUT2D eigenvalue weighted by molar-refractivity contribution is 8.01. The largest absolute Gasteiger partial charge is 0.347 e. The number of hydrogen-bond donors (Lipinski definition) is 0. The molecule has 25 heavy (non-hydrogen) atoms. The van der Waals surface area contributed by atoms with E-state index in [2.05, 4.69) is 20.3 Å². The Kier molecular flexibility index (Phi) is 4.75. The van der Waals surface area contributed by atoms with Gasteiger partial charge in [0.15, 0.2) is 11.4 Å². The molecule has 0 spiro atoms. The lowest BCUT2D eigenvalue weighted by atomic mass is 10.3. The smallest absolute Gasteiger partial charge is 0.243 e. The molecule has 0 aliphatic heterocycles. The van der Waals surface area contributed by atoms with E-state index < -0.39 is 5.25 Å². The zero-order chi connectivity index (χ0) is 18.0. The first kappa shape index (κ1) is 17.0. The van der Waals surface area contributed by atoms with Gasteiger partial charge in [-0.05, 0) is 31.2 Å². The zero-order valence-electron chi connectivity index (χ0n) is 13.9. The Morgan fingerprint density at radius 1 is 1.16 bits per heavy atom. The minimum Gasteiger partial charge on any atom is -0.347 e. The third kappa shape index (κ3) is 3.50. The second-order valence-electron chi connectivity index (χ2n) is 5.52. The number of nitrogens with zero attached hydrogens (tertiary/aromatic N) is 6. The quantitative estimate of drug-likeness (QED) is 0.503. The van der Waals surface area contributed by atoms with Crippen LogP contribution in [-0.2, 0) is 9.59 Å². The van der Waals surface area contributed by atoms with Gasteiger partial charge in [-0.25, -0.2) is 0 Å². The summed E-state index contributed by atoms with van der Waals surface area (Å²) in [6, 6.07) is 8.93. The lowest BCUT2D eigenvalue weighted by molar-refractivity contribution is -0.132. The lowest BCUT2D eigenvalue weighted by Gasteiger charge is -2.17. The van der Waals surface area contributed by atoms with Gasteiger partial charge in [-0.15, -0.1) is 10.2 Å². The molecule has 0 fully saturated rings. The number of carbonyl (C=O) groups is 2. The summed E-state index contributed by atoms with van der Waals surface area (Å²) in [5, 5.41) is 12.4. The number of pyridine rings is 1. The van der Waals surface area contributed by atoms with Crippen molar-refractivity contribution >= 4 is 29.1 Å². The number of Topliss-reactive ketones (excluding diaryl/α,β-unsaturated/α-hetero) is 1. The van der Waals surface area contributed by atoms with Gasteiger partial charge in [0.1, 0.15) is 16.0 Å². The van der Waals surface area contributed by atoms with Crippen LogP contribution in [0.4, 0.5) is 0 Å². The summed E-state index contributed by atoms with van der Waals surface area (Å²) in [5.74, 6) is 0.00349. The van der Waals surface area contributed by atoms with Gasteiger partial charge < -0.3 is 4.90 Å². The summed E-state index contributed by atoms with van der Waals surface area (Å²) in [6.07, 6.45) is 1.66. The Hall–Kier alpha value is -2.81. The molecule has 3 heterocycles. The molecule has 1 amide bonds. The van der Waals surface area contributed by atoms with Crippen LogP contribution in [0.3, 0.4) is 0 Å². The second kappa shape index (κ2) is 6.98. The molecule has 3 aromatic heterocycles. The van der Waals surface area contributed by atoms with Crippen molar-refractivity contribution in [2.75, 3.05) is 14.1 Å². The number of aromatic nitrogens is 5. The van der Waals surface area contributed by atoms with Crippen molar-refractivity contribution in [1.82, 2.24) is 29.7 Å². The van der Waals surface area contributed by atoms with E-state index in [1.807, 2.05) is 18.2 Å². The van der Waals surface area contributed by atoms with Crippen LogP contribution < -0.4 is 0 Å². The summed E-state index contributed by atoms with van der Waals surface area (Å²) < 4.78 is 1.56. The Morgan fingerprint density at radius 3 is 2.60 bits per heavy atom. The number of carbonyl (C=O) groups excluding carboxylic acids is 2. The molecule has 0 N–H and O–H groups in total. The first-order valence-corrected chi connectivity index (χ1v) is 8.37. The number of rotatable bonds is 5. The van der Waals surface area contributed by atoms with E-state index in [-0.39, 0.29) is 11.7 Å². The first-order valence-electron chi connectivity index (χ1n) is 7.49. The Balaban J connectivity index is 1.98. The van der Waals surface area contributed by atoms with Gasteiger partial charge in [-0.3, -0.25) is 14.6 Å². The minimum atomic E-state index is -0.838. The Morgan fingerprint density at radius 2 is 1.96 bits per heavy atom. The van der Waals surface area contributed by atoms with Crippen LogP contribution in [0.15, 0.2) is 41.6 Å². The first-order chi connectivity index (χ1) is 12.0. The SMILES string of the molecule is CC(=O)C(Sc1ccc2nnc(-c3ccccn3)n2n1)C(=O)N(C)C. The molecule has 0 aliphatic rings. The molecular formula is C16H16N6O2S. The molecule has 0 bridgehead atoms. The predicted octanol–water partition coefficient (Wildman–Crippen LogP) is 1.32. The van der Waals surface area contributed by atoms with Crippen molar-refractivity contribution in [2.24, 2.45) is 0 Å². The fourth-order valence-corrected chi connectivity index (χ4v) is 3.15. The number of thioether (sulfide) groups is 1. The van der Waals surface area contributed by atoms with Gasteiger partial charge in [0.25, 0.3) is 0 Å². The van der Waals surface area contributed by atoms with E-state index in [0.29, 0.717) is 22.2 Å².